The van der Waals surface area contributed by atoms with E-state index in [0.717, 1.165) is 72.6 Å². The van der Waals surface area contributed by atoms with Gasteiger partial charge in [0.15, 0.2) is 6.29 Å². The summed E-state index contributed by atoms with van der Waals surface area (Å²) < 4.78 is 42.2. The zero-order valence-corrected chi connectivity index (χ0v) is 30.4. The van der Waals surface area contributed by atoms with Crippen LogP contribution in [0.4, 0.5) is 0 Å². The Bertz CT molecular complexity index is 1990. The normalized spacial score (nSPS) is 21.6. The van der Waals surface area contributed by atoms with Crippen molar-refractivity contribution in [3.8, 4) is 11.1 Å². The fourth-order valence-electron chi connectivity index (χ4n) is 7.19. The molecule has 9 heteroatoms. The number of rotatable bonds is 12. The number of piperazine rings is 1. The van der Waals surface area contributed by atoms with Crippen molar-refractivity contribution in [1.29, 1.82) is 0 Å². The van der Waals surface area contributed by atoms with E-state index in [-0.39, 0.29) is 36.2 Å². The molecule has 2 heterocycles. The van der Waals surface area contributed by atoms with Gasteiger partial charge in [-0.25, -0.2) is 13.1 Å². The van der Waals surface area contributed by atoms with Gasteiger partial charge in [0.1, 0.15) is 0 Å². The van der Waals surface area contributed by atoms with Gasteiger partial charge in [0.2, 0.25) is 10.0 Å². The Kier molecular flexibility index (Phi) is 11.6. The number of sulfonamides is 1. The Hall–Kier alpha value is -4.19. The van der Waals surface area contributed by atoms with Gasteiger partial charge in [-0.05, 0) is 45.5 Å². The van der Waals surface area contributed by atoms with Crippen LogP contribution in [0.25, 0.3) is 11.1 Å². The molecule has 0 bridgehead atoms. The highest BCUT2D eigenvalue weighted by atomic mass is 32.2. The molecule has 5 aromatic rings. The second-order valence-corrected chi connectivity index (χ2v) is 15.6. The molecule has 4 atom stereocenters. The summed E-state index contributed by atoms with van der Waals surface area (Å²) in [6.07, 6.45) is -0.807. The summed E-state index contributed by atoms with van der Waals surface area (Å²) in [5.41, 5.74) is 7.01. The Labute approximate surface area is 307 Å². The number of nitrogens with zero attached hydrogens (tertiary/aromatic N) is 2. The molecule has 0 saturated carbocycles. The molecule has 2 N–H and O–H groups in total. The van der Waals surface area contributed by atoms with E-state index in [1.54, 1.807) is 30.3 Å². The van der Waals surface area contributed by atoms with Gasteiger partial charge in [-0.1, -0.05) is 128 Å². The van der Waals surface area contributed by atoms with Crippen LogP contribution in [0.3, 0.4) is 0 Å². The molecule has 0 radical (unpaired) electrons. The summed E-state index contributed by atoms with van der Waals surface area (Å²) in [5.74, 6) is 0.101. The van der Waals surface area contributed by atoms with Crippen LogP contribution >= 0.6 is 0 Å². The Morgan fingerprint density at radius 1 is 0.692 bits per heavy atom. The smallest absolute Gasteiger partial charge is 0.240 e. The summed E-state index contributed by atoms with van der Waals surface area (Å²) in [6, 6.07) is 43.2. The van der Waals surface area contributed by atoms with Crippen molar-refractivity contribution < 1.29 is 23.0 Å². The zero-order valence-electron chi connectivity index (χ0n) is 29.6. The summed E-state index contributed by atoms with van der Waals surface area (Å²) in [6.45, 7) is 8.15. The average Bonchev–Trinajstić information content (AvgIpc) is 3.19. The van der Waals surface area contributed by atoms with Crippen molar-refractivity contribution in [1.82, 2.24) is 14.5 Å². The SMILES string of the molecule is C[C@@H]1[C@H](CN2CCN(Cc3ccccc3)CC2)O[C@H](c2ccc(-c3ccccc3CNS(=O)(=O)c3ccccc3)cc2)O[C@@H]1c1ccc(CO)cc1. The lowest BCUT2D eigenvalue weighted by Gasteiger charge is -2.44. The topological polar surface area (TPSA) is 91.3 Å². The molecule has 2 fully saturated rings. The van der Waals surface area contributed by atoms with E-state index in [4.69, 9.17) is 9.47 Å². The summed E-state index contributed by atoms with van der Waals surface area (Å²) in [5, 5.41) is 9.65. The summed E-state index contributed by atoms with van der Waals surface area (Å²) in [7, 11) is -3.65. The van der Waals surface area contributed by atoms with E-state index >= 15 is 0 Å². The van der Waals surface area contributed by atoms with Crippen molar-refractivity contribution >= 4 is 10.0 Å². The molecule has 2 aliphatic heterocycles. The quantitative estimate of drug-likeness (QED) is 0.145. The molecule has 0 unspecified atom stereocenters. The lowest BCUT2D eigenvalue weighted by molar-refractivity contribution is -0.276. The van der Waals surface area contributed by atoms with Gasteiger partial charge in [0.25, 0.3) is 0 Å². The second-order valence-electron chi connectivity index (χ2n) is 13.8. The van der Waals surface area contributed by atoms with Crippen LogP contribution in [0.2, 0.25) is 0 Å². The molecule has 5 aromatic carbocycles. The van der Waals surface area contributed by atoms with Gasteiger partial charge in [0.05, 0.1) is 23.7 Å². The van der Waals surface area contributed by atoms with E-state index in [1.807, 2.05) is 48.5 Å². The first-order valence-electron chi connectivity index (χ1n) is 18.1. The largest absolute Gasteiger partial charge is 0.392 e. The van der Waals surface area contributed by atoms with Crippen LogP contribution in [0.5, 0.6) is 0 Å². The lowest BCUT2D eigenvalue weighted by Crippen LogP contribution is -2.51. The summed E-state index contributed by atoms with van der Waals surface area (Å²) >= 11 is 0. The van der Waals surface area contributed by atoms with Crippen LogP contribution in [-0.2, 0) is 39.2 Å². The third kappa shape index (κ3) is 8.70. The number of hydrogen-bond donors (Lipinski definition) is 2. The molecule has 0 spiro atoms. The van der Waals surface area contributed by atoms with Crippen molar-refractivity contribution in [3.63, 3.8) is 0 Å². The number of ether oxygens (including phenoxy) is 2. The summed E-state index contributed by atoms with van der Waals surface area (Å²) in [4.78, 5) is 5.28. The number of benzene rings is 5. The Balaban J connectivity index is 1.07. The predicted octanol–water partition coefficient (Wildman–Crippen LogP) is 6.93. The fourth-order valence-corrected chi connectivity index (χ4v) is 8.21. The third-order valence-electron chi connectivity index (χ3n) is 10.3. The molecule has 2 saturated heterocycles. The second kappa shape index (κ2) is 16.7. The van der Waals surface area contributed by atoms with Crippen LogP contribution < -0.4 is 4.72 Å². The van der Waals surface area contributed by atoms with Gasteiger partial charge in [-0.15, -0.1) is 0 Å². The van der Waals surface area contributed by atoms with E-state index in [9.17, 15) is 13.5 Å². The molecular formula is C43H47N3O5S. The van der Waals surface area contributed by atoms with Crippen molar-refractivity contribution in [2.45, 2.75) is 50.0 Å². The number of nitrogens with one attached hydrogen (secondary N) is 1. The van der Waals surface area contributed by atoms with Gasteiger partial charge in [0, 0.05) is 57.3 Å². The minimum Gasteiger partial charge on any atom is -0.392 e. The average molecular weight is 718 g/mol. The van der Waals surface area contributed by atoms with Crippen molar-refractivity contribution in [2.24, 2.45) is 5.92 Å². The highest BCUT2D eigenvalue weighted by Gasteiger charge is 2.39. The maximum absolute atomic E-state index is 12.9. The van der Waals surface area contributed by atoms with Crippen LogP contribution in [-0.4, -0.2) is 62.2 Å². The Morgan fingerprint density at radius 2 is 1.31 bits per heavy atom. The minimum absolute atomic E-state index is 0.000344. The first-order valence-corrected chi connectivity index (χ1v) is 19.6. The number of aliphatic hydroxyl groups is 1. The Morgan fingerprint density at radius 3 is 2.00 bits per heavy atom. The van der Waals surface area contributed by atoms with Gasteiger partial charge < -0.3 is 14.6 Å². The van der Waals surface area contributed by atoms with Crippen molar-refractivity contribution in [3.05, 3.63) is 161 Å². The molecule has 7 rings (SSSR count). The van der Waals surface area contributed by atoms with E-state index in [1.165, 1.54) is 5.56 Å². The van der Waals surface area contributed by atoms with Crippen LogP contribution in [0.15, 0.2) is 138 Å². The molecule has 52 heavy (non-hydrogen) atoms. The standard InChI is InChI=1S/C43H47N3O5S/c1-32-41(30-46-26-24-45(25-27-46)29-33-10-4-2-5-11-33)50-43(51-42(32)36-18-16-34(31-47)17-19-36)37-22-20-35(21-23-37)40-15-9-8-12-38(40)28-44-52(48,49)39-13-6-3-7-14-39/h2-23,32,41-44,47H,24-31H2,1H3/t32-,41+,42+,43+/m1/s1. The van der Waals surface area contributed by atoms with E-state index in [2.05, 4.69) is 76.0 Å². The molecule has 0 amide bonds. The van der Waals surface area contributed by atoms with E-state index in [0.29, 0.717) is 0 Å². The van der Waals surface area contributed by atoms with Gasteiger partial charge in [-0.3, -0.25) is 9.80 Å². The molecule has 270 valence electrons. The lowest BCUT2D eigenvalue weighted by atomic mass is 9.89. The third-order valence-corrected chi connectivity index (χ3v) is 11.7. The maximum atomic E-state index is 12.9. The van der Waals surface area contributed by atoms with Crippen LogP contribution in [0.1, 0.15) is 47.1 Å². The number of hydrogen-bond acceptors (Lipinski definition) is 7. The fraction of sp³-hybridized carbons (Fsp3) is 0.302. The monoisotopic (exact) mass is 717 g/mol. The maximum Gasteiger partial charge on any atom is 0.240 e. The molecule has 0 aromatic heterocycles. The minimum atomic E-state index is -3.65. The highest BCUT2D eigenvalue weighted by molar-refractivity contribution is 7.89. The van der Waals surface area contributed by atoms with Gasteiger partial charge in [-0.2, -0.15) is 0 Å². The number of aliphatic hydroxyl groups excluding tert-OH is 1. The van der Waals surface area contributed by atoms with Gasteiger partial charge >= 0.3 is 0 Å². The van der Waals surface area contributed by atoms with Crippen molar-refractivity contribution in [2.75, 3.05) is 32.7 Å². The highest BCUT2D eigenvalue weighted by Crippen LogP contribution is 2.42. The molecule has 2 aliphatic rings. The van der Waals surface area contributed by atoms with E-state index < -0.39 is 16.3 Å². The van der Waals surface area contributed by atoms with Crippen LogP contribution in [0, 0.1) is 5.92 Å². The zero-order chi connectivity index (χ0) is 35.9. The predicted molar refractivity (Wildman–Crippen MR) is 203 cm³/mol. The molecule has 0 aliphatic carbocycles. The first-order chi connectivity index (χ1) is 25.4. The first kappa shape index (κ1) is 36.2. The molecule has 8 nitrogen and oxygen atoms in total. The molecular weight excluding hydrogens is 671 g/mol.